The molecule has 0 spiro atoms. The van der Waals surface area contributed by atoms with Crippen molar-refractivity contribution in [2.45, 2.75) is 12.1 Å². The minimum Gasteiger partial charge on any atom is -0.463 e. The van der Waals surface area contributed by atoms with Crippen molar-refractivity contribution < 1.29 is 14.3 Å². The van der Waals surface area contributed by atoms with Crippen molar-refractivity contribution in [2.24, 2.45) is 0 Å². The molecule has 152 valence electrons. The van der Waals surface area contributed by atoms with Crippen LogP contribution in [-0.2, 0) is 14.3 Å². The van der Waals surface area contributed by atoms with Gasteiger partial charge < -0.3 is 10.1 Å². The molecule has 2 aromatic carbocycles. The molecule has 2 heterocycles. The fraction of sp³-hybridized carbons (Fsp3) is 0.143. The molecule has 0 bridgehead atoms. The molecule has 9 heteroatoms. The van der Waals surface area contributed by atoms with Gasteiger partial charge in [0.1, 0.15) is 0 Å². The predicted octanol–water partition coefficient (Wildman–Crippen LogP) is 3.52. The van der Waals surface area contributed by atoms with Crippen molar-refractivity contribution >= 4 is 52.2 Å². The summed E-state index contributed by atoms with van der Waals surface area (Å²) in [5.74, 6) is 0.322. The van der Waals surface area contributed by atoms with Gasteiger partial charge in [-0.1, -0.05) is 36.0 Å². The molecule has 0 radical (unpaired) electrons. The van der Waals surface area contributed by atoms with Gasteiger partial charge in [0.25, 0.3) is 0 Å². The molecule has 0 aliphatic heterocycles. The lowest BCUT2D eigenvalue weighted by molar-refractivity contribution is -0.137. The number of aromatic nitrogens is 4. The molecular weight excluding hydrogens is 402 g/mol. The first kappa shape index (κ1) is 19.7. The van der Waals surface area contributed by atoms with Gasteiger partial charge in [0.05, 0.1) is 23.4 Å². The highest BCUT2D eigenvalue weighted by atomic mass is 32.2. The normalized spacial score (nSPS) is 11.4. The highest BCUT2D eigenvalue weighted by Crippen LogP contribution is 2.23. The molecule has 2 N–H and O–H groups in total. The van der Waals surface area contributed by atoms with Crippen LogP contribution in [-0.4, -0.2) is 43.8 Å². The fourth-order valence-corrected chi connectivity index (χ4v) is 3.66. The van der Waals surface area contributed by atoms with E-state index in [4.69, 9.17) is 4.74 Å². The number of amides is 1. The van der Waals surface area contributed by atoms with E-state index in [0.29, 0.717) is 23.2 Å². The molecule has 0 unspecified atom stereocenters. The number of H-pyrrole nitrogens is 1. The smallest absolute Gasteiger partial charge is 0.330 e. The SMILES string of the molecule is CCOC(=O)/C=C/c1ccc(NC(=O)CSc2n[nH]c3nc4ccccc4n23)cc1. The summed E-state index contributed by atoms with van der Waals surface area (Å²) in [4.78, 5) is 28.2. The first-order valence-corrected chi connectivity index (χ1v) is 10.3. The second-order valence-corrected chi connectivity index (χ2v) is 7.25. The number of imidazole rings is 1. The number of hydrogen-bond acceptors (Lipinski definition) is 6. The number of benzene rings is 2. The number of rotatable bonds is 7. The van der Waals surface area contributed by atoms with Crippen LogP contribution in [0.1, 0.15) is 12.5 Å². The van der Waals surface area contributed by atoms with Gasteiger partial charge in [0, 0.05) is 11.8 Å². The van der Waals surface area contributed by atoms with Gasteiger partial charge in [0.2, 0.25) is 11.7 Å². The van der Waals surface area contributed by atoms with Crippen molar-refractivity contribution in [1.29, 1.82) is 0 Å². The molecule has 0 saturated heterocycles. The van der Waals surface area contributed by atoms with Crippen molar-refractivity contribution in [2.75, 3.05) is 17.7 Å². The van der Waals surface area contributed by atoms with Crippen molar-refractivity contribution in [3.63, 3.8) is 0 Å². The molecule has 2 aromatic heterocycles. The van der Waals surface area contributed by atoms with Gasteiger partial charge in [-0.25, -0.2) is 14.9 Å². The number of esters is 1. The van der Waals surface area contributed by atoms with Crippen LogP contribution in [0.2, 0.25) is 0 Å². The monoisotopic (exact) mass is 421 g/mol. The molecular formula is C21H19N5O3S. The van der Waals surface area contributed by atoms with Crippen LogP contribution in [0.3, 0.4) is 0 Å². The van der Waals surface area contributed by atoms with E-state index in [1.165, 1.54) is 17.8 Å². The number of thioether (sulfide) groups is 1. The van der Waals surface area contributed by atoms with Gasteiger partial charge in [-0.3, -0.25) is 9.20 Å². The van der Waals surface area contributed by atoms with Gasteiger partial charge in [-0.15, -0.1) is 5.10 Å². The Hall–Kier alpha value is -3.59. The van der Waals surface area contributed by atoms with Crippen LogP contribution in [0.5, 0.6) is 0 Å². The summed E-state index contributed by atoms with van der Waals surface area (Å²) in [6, 6.07) is 15.0. The number of nitrogens with zero attached hydrogens (tertiary/aromatic N) is 3. The Labute approximate surface area is 176 Å². The van der Waals surface area contributed by atoms with Crippen LogP contribution >= 0.6 is 11.8 Å². The van der Waals surface area contributed by atoms with Crippen LogP contribution < -0.4 is 5.32 Å². The number of carbonyl (C=O) groups is 2. The molecule has 0 saturated carbocycles. The number of carbonyl (C=O) groups excluding carboxylic acids is 2. The maximum atomic E-state index is 12.3. The van der Waals surface area contributed by atoms with E-state index < -0.39 is 0 Å². The summed E-state index contributed by atoms with van der Waals surface area (Å²) in [5, 5.41) is 10.7. The minimum absolute atomic E-state index is 0.143. The van der Waals surface area contributed by atoms with Gasteiger partial charge in [-0.2, -0.15) is 0 Å². The predicted molar refractivity (Wildman–Crippen MR) is 116 cm³/mol. The molecule has 1 amide bonds. The lowest BCUT2D eigenvalue weighted by atomic mass is 10.2. The van der Waals surface area contributed by atoms with Crippen molar-refractivity contribution in [3.8, 4) is 0 Å². The van der Waals surface area contributed by atoms with E-state index in [9.17, 15) is 9.59 Å². The third kappa shape index (κ3) is 4.36. The second kappa shape index (κ2) is 8.83. The lowest BCUT2D eigenvalue weighted by Gasteiger charge is -2.05. The molecule has 0 aliphatic rings. The van der Waals surface area contributed by atoms with Gasteiger partial charge in [-0.05, 0) is 42.8 Å². The van der Waals surface area contributed by atoms with E-state index >= 15 is 0 Å². The van der Waals surface area contributed by atoms with Gasteiger partial charge in [0.15, 0.2) is 5.16 Å². The second-order valence-electron chi connectivity index (χ2n) is 6.31. The zero-order chi connectivity index (χ0) is 20.9. The minimum atomic E-state index is -0.384. The molecule has 8 nitrogen and oxygen atoms in total. The van der Waals surface area contributed by atoms with Crippen LogP contribution in [0.4, 0.5) is 5.69 Å². The van der Waals surface area contributed by atoms with E-state index in [2.05, 4.69) is 20.5 Å². The van der Waals surface area contributed by atoms with E-state index in [-0.39, 0.29) is 17.6 Å². The molecule has 30 heavy (non-hydrogen) atoms. The molecule has 0 atom stereocenters. The average Bonchev–Trinajstić information content (AvgIpc) is 3.31. The van der Waals surface area contributed by atoms with Crippen molar-refractivity contribution in [3.05, 3.63) is 60.2 Å². The third-order valence-electron chi connectivity index (χ3n) is 4.23. The Balaban J connectivity index is 1.36. The maximum Gasteiger partial charge on any atom is 0.330 e. The van der Waals surface area contributed by atoms with Crippen molar-refractivity contribution in [1.82, 2.24) is 19.6 Å². The summed E-state index contributed by atoms with van der Waals surface area (Å²) < 4.78 is 6.75. The highest BCUT2D eigenvalue weighted by Gasteiger charge is 2.13. The van der Waals surface area contributed by atoms with Gasteiger partial charge >= 0.3 is 5.97 Å². The third-order valence-corrected chi connectivity index (χ3v) is 5.17. The Kier molecular flexibility index (Phi) is 5.80. The number of ether oxygens (including phenoxy) is 1. The van der Waals surface area contributed by atoms with Crippen LogP contribution in [0, 0.1) is 0 Å². The summed E-state index contributed by atoms with van der Waals surface area (Å²) >= 11 is 1.33. The lowest BCUT2D eigenvalue weighted by Crippen LogP contribution is -2.14. The Morgan fingerprint density at radius 1 is 1.20 bits per heavy atom. The first-order valence-electron chi connectivity index (χ1n) is 9.33. The summed E-state index contributed by atoms with van der Waals surface area (Å²) in [5.41, 5.74) is 3.32. The molecule has 4 aromatic rings. The molecule has 0 fully saturated rings. The topological polar surface area (TPSA) is 101 Å². The number of fused-ring (bicyclic) bond motifs is 3. The first-order chi connectivity index (χ1) is 14.6. The standard InChI is InChI=1S/C21H19N5O3S/c1-2-29-19(28)12-9-14-7-10-15(11-8-14)22-18(27)13-30-21-25-24-20-23-16-5-3-4-6-17(16)26(20)21/h3-12H,2,13H2,1H3,(H,22,27)(H,23,24)/b12-9+. The summed E-state index contributed by atoms with van der Waals surface area (Å²) in [6.45, 7) is 2.10. The maximum absolute atomic E-state index is 12.3. The van der Waals surface area contributed by atoms with E-state index in [1.54, 1.807) is 25.1 Å². The summed E-state index contributed by atoms with van der Waals surface area (Å²) in [6.07, 6.45) is 3.04. The number of nitrogens with one attached hydrogen (secondary N) is 2. The zero-order valence-corrected chi connectivity index (χ0v) is 17.0. The molecule has 4 rings (SSSR count). The Morgan fingerprint density at radius 2 is 2.00 bits per heavy atom. The number of aromatic amines is 1. The fourth-order valence-electron chi connectivity index (χ4n) is 2.90. The number of para-hydroxylation sites is 2. The zero-order valence-electron chi connectivity index (χ0n) is 16.2. The number of anilines is 1. The summed E-state index contributed by atoms with van der Waals surface area (Å²) in [7, 11) is 0. The Bertz CT molecular complexity index is 1230. The Morgan fingerprint density at radius 3 is 2.80 bits per heavy atom. The quantitative estimate of drug-likeness (QED) is 0.269. The van der Waals surface area contributed by atoms with E-state index in [0.717, 1.165) is 16.6 Å². The number of hydrogen-bond donors (Lipinski definition) is 2. The highest BCUT2D eigenvalue weighted by molar-refractivity contribution is 7.99. The van der Waals surface area contributed by atoms with Crippen LogP contribution in [0.25, 0.3) is 22.9 Å². The van der Waals surface area contributed by atoms with E-state index in [1.807, 2.05) is 40.8 Å². The average molecular weight is 421 g/mol. The molecule has 0 aliphatic carbocycles. The van der Waals surface area contributed by atoms with Crippen LogP contribution in [0.15, 0.2) is 59.8 Å². The largest absolute Gasteiger partial charge is 0.463 e.